The van der Waals surface area contributed by atoms with Gasteiger partial charge in [-0.2, -0.15) is 0 Å². The highest BCUT2D eigenvalue weighted by Crippen LogP contribution is 2.19. The predicted octanol–water partition coefficient (Wildman–Crippen LogP) is 1.25. The van der Waals surface area contributed by atoms with E-state index in [-0.39, 0.29) is 23.8 Å². The highest BCUT2D eigenvalue weighted by Gasteiger charge is 2.25. The van der Waals surface area contributed by atoms with Gasteiger partial charge in [0, 0.05) is 26.1 Å². The third kappa shape index (κ3) is 3.14. The van der Waals surface area contributed by atoms with Crippen molar-refractivity contribution in [1.29, 1.82) is 0 Å². The molecule has 6 heteroatoms. The van der Waals surface area contributed by atoms with Gasteiger partial charge in [-0.05, 0) is 25.5 Å². The summed E-state index contributed by atoms with van der Waals surface area (Å²) in [5.74, 6) is -0.366. The minimum absolute atomic E-state index is 0.0559. The third-order valence-corrected chi connectivity index (χ3v) is 3.38. The second-order valence-electron chi connectivity index (χ2n) is 4.91. The molecule has 1 aliphatic rings. The van der Waals surface area contributed by atoms with Crippen LogP contribution in [0, 0.1) is 0 Å². The number of piperidine rings is 1. The molecule has 2 unspecified atom stereocenters. The van der Waals surface area contributed by atoms with Crippen LogP contribution in [-0.4, -0.2) is 41.5 Å². The van der Waals surface area contributed by atoms with Crippen LogP contribution in [-0.2, 0) is 4.79 Å². The van der Waals surface area contributed by atoms with Crippen LogP contribution in [0.5, 0.6) is 0 Å². The van der Waals surface area contributed by atoms with Crippen LogP contribution in [0.4, 0.5) is 0 Å². The maximum Gasteiger partial charge on any atom is 0.371 e. The molecule has 0 aromatic carbocycles. The molecule has 0 spiro atoms. The minimum Gasteiger partial charge on any atom is -0.475 e. The van der Waals surface area contributed by atoms with Crippen molar-refractivity contribution in [3.05, 3.63) is 23.7 Å². The second-order valence-corrected chi connectivity index (χ2v) is 4.91. The maximum atomic E-state index is 11.4. The van der Waals surface area contributed by atoms with E-state index in [2.05, 4.69) is 5.32 Å². The molecule has 1 aromatic heterocycles. The fourth-order valence-corrected chi connectivity index (χ4v) is 2.28. The molecule has 0 bridgehead atoms. The lowest BCUT2D eigenvalue weighted by molar-refractivity contribution is -0.132. The fraction of sp³-hybridized carbons (Fsp3) is 0.538. The summed E-state index contributed by atoms with van der Waals surface area (Å²) in [5, 5.41) is 12.2. The van der Waals surface area contributed by atoms with Gasteiger partial charge >= 0.3 is 5.97 Å². The van der Waals surface area contributed by atoms with Gasteiger partial charge in [0.25, 0.3) is 0 Å². The number of likely N-dealkylation sites (tertiary alicyclic amines) is 1. The Kier molecular flexibility index (Phi) is 3.90. The van der Waals surface area contributed by atoms with Crippen LogP contribution in [0.1, 0.15) is 42.1 Å². The summed E-state index contributed by atoms with van der Waals surface area (Å²) in [7, 11) is 1.79. The lowest BCUT2D eigenvalue weighted by Gasteiger charge is -2.31. The van der Waals surface area contributed by atoms with E-state index < -0.39 is 5.97 Å². The van der Waals surface area contributed by atoms with E-state index in [0.29, 0.717) is 18.7 Å². The number of amides is 1. The molecule has 0 radical (unpaired) electrons. The number of furan rings is 1. The van der Waals surface area contributed by atoms with Crippen molar-refractivity contribution in [2.45, 2.75) is 31.8 Å². The molecule has 2 atom stereocenters. The van der Waals surface area contributed by atoms with Crippen molar-refractivity contribution in [3.63, 3.8) is 0 Å². The van der Waals surface area contributed by atoms with Gasteiger partial charge in [-0.25, -0.2) is 4.79 Å². The summed E-state index contributed by atoms with van der Waals surface area (Å²) in [6.07, 6.45) is 1.33. The molecule has 1 fully saturated rings. The first-order valence-electron chi connectivity index (χ1n) is 6.30. The SMILES string of the molecule is CC(NC1CCC(=O)N(C)C1)c1ccc(C(=O)O)o1. The molecule has 104 valence electrons. The number of nitrogens with one attached hydrogen (secondary N) is 1. The average Bonchev–Trinajstić information content (AvgIpc) is 2.83. The Labute approximate surface area is 111 Å². The van der Waals surface area contributed by atoms with Crippen molar-refractivity contribution in [2.75, 3.05) is 13.6 Å². The number of likely N-dealkylation sites (N-methyl/N-ethyl adjacent to an activating group) is 1. The van der Waals surface area contributed by atoms with Crippen LogP contribution in [0.2, 0.25) is 0 Å². The van der Waals surface area contributed by atoms with E-state index in [4.69, 9.17) is 9.52 Å². The molecular formula is C13H18N2O4. The van der Waals surface area contributed by atoms with Gasteiger partial charge in [0.05, 0.1) is 6.04 Å². The van der Waals surface area contributed by atoms with Gasteiger partial charge in [-0.3, -0.25) is 4.79 Å². The summed E-state index contributed by atoms with van der Waals surface area (Å²) < 4.78 is 5.25. The Morgan fingerprint density at radius 3 is 2.89 bits per heavy atom. The van der Waals surface area contributed by atoms with Gasteiger partial charge in [-0.1, -0.05) is 0 Å². The number of carbonyl (C=O) groups excluding carboxylic acids is 1. The monoisotopic (exact) mass is 266 g/mol. The highest BCUT2D eigenvalue weighted by molar-refractivity contribution is 5.84. The summed E-state index contributed by atoms with van der Waals surface area (Å²) in [6.45, 7) is 2.58. The van der Waals surface area contributed by atoms with Gasteiger partial charge in [-0.15, -0.1) is 0 Å². The van der Waals surface area contributed by atoms with Crippen LogP contribution >= 0.6 is 0 Å². The molecule has 0 saturated carbocycles. The molecule has 1 saturated heterocycles. The highest BCUT2D eigenvalue weighted by atomic mass is 16.4. The Hall–Kier alpha value is -1.82. The van der Waals surface area contributed by atoms with Crippen LogP contribution in [0.25, 0.3) is 0 Å². The van der Waals surface area contributed by atoms with Crippen molar-refractivity contribution in [3.8, 4) is 0 Å². The Morgan fingerprint density at radius 2 is 2.32 bits per heavy atom. The lowest BCUT2D eigenvalue weighted by atomic mass is 10.0. The minimum atomic E-state index is -1.07. The first-order valence-corrected chi connectivity index (χ1v) is 6.30. The van der Waals surface area contributed by atoms with Crippen molar-refractivity contribution >= 4 is 11.9 Å². The summed E-state index contributed by atoms with van der Waals surface area (Å²) >= 11 is 0. The molecule has 1 aliphatic heterocycles. The first kappa shape index (κ1) is 13.6. The lowest BCUT2D eigenvalue weighted by Crippen LogP contribution is -2.47. The number of rotatable bonds is 4. The standard InChI is InChI=1S/C13H18N2O4/c1-8(10-4-5-11(19-10)13(17)18)14-9-3-6-12(16)15(2)7-9/h4-5,8-9,14H,3,6-7H2,1-2H3,(H,17,18). The van der Waals surface area contributed by atoms with E-state index >= 15 is 0 Å². The van der Waals surface area contributed by atoms with Gasteiger partial charge < -0.3 is 19.7 Å². The van der Waals surface area contributed by atoms with Crippen LogP contribution in [0.15, 0.2) is 16.5 Å². The fourth-order valence-electron chi connectivity index (χ4n) is 2.28. The topological polar surface area (TPSA) is 82.8 Å². The summed E-state index contributed by atoms with van der Waals surface area (Å²) in [5.41, 5.74) is 0. The van der Waals surface area contributed by atoms with Crippen LogP contribution in [0.3, 0.4) is 0 Å². The number of hydrogen-bond acceptors (Lipinski definition) is 4. The largest absolute Gasteiger partial charge is 0.475 e. The van der Waals surface area contributed by atoms with E-state index in [1.165, 1.54) is 6.07 Å². The third-order valence-electron chi connectivity index (χ3n) is 3.38. The molecule has 1 amide bonds. The molecule has 2 N–H and O–H groups in total. The zero-order valence-electron chi connectivity index (χ0n) is 11.0. The molecular weight excluding hydrogens is 248 g/mol. The molecule has 2 rings (SSSR count). The molecule has 1 aromatic rings. The number of carboxylic acids is 1. The Morgan fingerprint density at radius 1 is 1.58 bits per heavy atom. The quantitative estimate of drug-likeness (QED) is 0.857. The van der Waals surface area contributed by atoms with E-state index in [1.54, 1.807) is 18.0 Å². The number of carbonyl (C=O) groups is 2. The van der Waals surface area contributed by atoms with Crippen molar-refractivity contribution < 1.29 is 19.1 Å². The normalized spacial score (nSPS) is 21.5. The Bertz CT molecular complexity index is 483. The number of aromatic carboxylic acids is 1. The molecule has 0 aliphatic carbocycles. The average molecular weight is 266 g/mol. The zero-order valence-corrected chi connectivity index (χ0v) is 11.0. The van der Waals surface area contributed by atoms with Crippen molar-refractivity contribution in [2.24, 2.45) is 0 Å². The van der Waals surface area contributed by atoms with Gasteiger partial charge in [0.2, 0.25) is 11.7 Å². The van der Waals surface area contributed by atoms with Gasteiger partial charge in [0.1, 0.15) is 5.76 Å². The predicted molar refractivity (Wildman–Crippen MR) is 67.9 cm³/mol. The summed E-state index contributed by atoms with van der Waals surface area (Å²) in [6, 6.07) is 3.24. The second kappa shape index (κ2) is 5.44. The van der Waals surface area contributed by atoms with Crippen molar-refractivity contribution in [1.82, 2.24) is 10.2 Å². The summed E-state index contributed by atoms with van der Waals surface area (Å²) in [4.78, 5) is 23.8. The van der Waals surface area contributed by atoms with Crippen LogP contribution < -0.4 is 5.32 Å². The smallest absolute Gasteiger partial charge is 0.371 e. The molecule has 2 heterocycles. The van der Waals surface area contributed by atoms with E-state index in [0.717, 1.165) is 6.42 Å². The molecule has 6 nitrogen and oxygen atoms in total. The molecule has 19 heavy (non-hydrogen) atoms. The number of hydrogen-bond donors (Lipinski definition) is 2. The number of nitrogens with zero attached hydrogens (tertiary/aromatic N) is 1. The maximum absolute atomic E-state index is 11.4. The van der Waals surface area contributed by atoms with E-state index in [1.807, 2.05) is 6.92 Å². The number of carboxylic acid groups (broad SMARTS) is 1. The zero-order chi connectivity index (χ0) is 14.0. The van der Waals surface area contributed by atoms with Gasteiger partial charge in [0.15, 0.2) is 0 Å². The van der Waals surface area contributed by atoms with E-state index in [9.17, 15) is 9.59 Å². The first-order chi connectivity index (χ1) is 8.97. The Balaban J connectivity index is 1.95.